The zero-order chi connectivity index (χ0) is 24.2. The molecule has 1 aliphatic rings. The van der Waals surface area contributed by atoms with Crippen molar-refractivity contribution in [2.24, 2.45) is 0 Å². The monoisotopic (exact) mass is 538 g/mol. The number of aryl methyl sites for hydroxylation is 1. The molecular formula is C23H31BrN4O4S. The smallest absolute Gasteiger partial charge is 0.410 e. The maximum atomic E-state index is 12.5. The number of rotatable bonds is 6. The van der Waals surface area contributed by atoms with E-state index in [9.17, 15) is 13.2 Å². The molecule has 1 amide bonds. The number of anilines is 1. The Morgan fingerprint density at radius 1 is 1.06 bits per heavy atom. The number of sulfonamides is 1. The summed E-state index contributed by atoms with van der Waals surface area (Å²) in [6.45, 7) is 10.2. The molecule has 10 heteroatoms. The first kappa shape index (κ1) is 25.5. The molecule has 33 heavy (non-hydrogen) atoms. The summed E-state index contributed by atoms with van der Waals surface area (Å²) in [5, 5.41) is 0. The van der Waals surface area contributed by atoms with Crippen molar-refractivity contribution < 1.29 is 17.9 Å². The zero-order valence-corrected chi connectivity index (χ0v) is 21.8. The second kappa shape index (κ2) is 10.4. The fraction of sp³-hybridized carbons (Fsp3) is 0.435. The van der Waals surface area contributed by atoms with Crippen molar-refractivity contribution in [1.29, 1.82) is 0 Å². The first-order valence-corrected chi connectivity index (χ1v) is 13.0. The molecule has 3 rings (SSSR count). The number of hydrogen-bond acceptors (Lipinski definition) is 6. The van der Waals surface area contributed by atoms with Crippen LogP contribution in [0.1, 0.15) is 31.9 Å². The van der Waals surface area contributed by atoms with Gasteiger partial charge >= 0.3 is 6.09 Å². The number of carbonyl (C=O) groups is 1. The maximum Gasteiger partial charge on any atom is 0.410 e. The lowest BCUT2D eigenvalue weighted by molar-refractivity contribution is 0.0240. The summed E-state index contributed by atoms with van der Waals surface area (Å²) in [4.78, 5) is 18.9. The molecule has 8 nitrogen and oxygen atoms in total. The summed E-state index contributed by atoms with van der Waals surface area (Å²) >= 11 is 3.52. The first-order valence-electron chi connectivity index (χ1n) is 10.8. The molecule has 0 radical (unpaired) electrons. The molecule has 0 bridgehead atoms. The lowest BCUT2D eigenvalue weighted by atomic mass is 10.1. The minimum atomic E-state index is -3.67. The van der Waals surface area contributed by atoms with Gasteiger partial charge in [-0.05, 0) is 57.5 Å². The summed E-state index contributed by atoms with van der Waals surface area (Å²) in [7, 11) is -3.67. The number of ether oxygens (including phenoxy) is 1. The Balaban J connectivity index is 1.63. The summed E-state index contributed by atoms with van der Waals surface area (Å²) in [6.07, 6.45) is -0.302. The molecule has 2 aromatic carbocycles. The van der Waals surface area contributed by atoms with E-state index in [0.717, 1.165) is 21.3 Å². The van der Waals surface area contributed by atoms with Gasteiger partial charge in [0.25, 0.3) is 10.0 Å². The Morgan fingerprint density at radius 2 is 1.70 bits per heavy atom. The number of benzene rings is 2. The van der Waals surface area contributed by atoms with E-state index in [2.05, 4.69) is 31.1 Å². The number of amides is 1. The molecule has 0 aliphatic carbocycles. The van der Waals surface area contributed by atoms with Crippen LogP contribution in [0.15, 0.2) is 51.8 Å². The molecule has 2 aromatic rings. The van der Waals surface area contributed by atoms with Crippen LogP contribution in [-0.2, 0) is 21.3 Å². The summed E-state index contributed by atoms with van der Waals surface area (Å²) < 4.78 is 31.5. The van der Waals surface area contributed by atoms with Crippen LogP contribution >= 0.6 is 15.9 Å². The van der Waals surface area contributed by atoms with Crippen LogP contribution < -0.4 is 15.2 Å². The van der Waals surface area contributed by atoms with Crippen molar-refractivity contribution in [3.63, 3.8) is 0 Å². The van der Waals surface area contributed by atoms with Crippen molar-refractivity contribution in [1.82, 2.24) is 15.2 Å². The van der Waals surface area contributed by atoms with E-state index >= 15 is 0 Å². The quantitative estimate of drug-likeness (QED) is 0.543. The number of carbonyl (C=O) groups excluding carboxylic acids is 1. The van der Waals surface area contributed by atoms with E-state index in [1.807, 2.05) is 45.9 Å². The van der Waals surface area contributed by atoms with Crippen LogP contribution in [0.2, 0.25) is 0 Å². The Labute approximate surface area is 204 Å². The van der Waals surface area contributed by atoms with Gasteiger partial charge in [-0.3, -0.25) is 0 Å². The Hall–Kier alpha value is -2.14. The van der Waals surface area contributed by atoms with Gasteiger partial charge in [-0.1, -0.05) is 39.7 Å². The lowest BCUT2D eigenvalue weighted by Crippen LogP contribution is -2.50. The van der Waals surface area contributed by atoms with Crippen LogP contribution in [-0.4, -0.2) is 51.2 Å². The summed E-state index contributed by atoms with van der Waals surface area (Å²) in [5.41, 5.74) is 5.23. The summed E-state index contributed by atoms with van der Waals surface area (Å²) in [6, 6.07) is 12.6. The van der Waals surface area contributed by atoms with Crippen LogP contribution in [0, 0.1) is 6.92 Å². The standard InChI is InChI=1S/C23H31BrN4O4S/c1-17-5-9-20(10-6-17)33(30,31)26-25-16-18-7-8-19(24)15-21(18)27-11-13-28(14-12-27)22(29)32-23(2,3)4/h5-10,15,25-26H,11-14,16H2,1-4H3. The molecule has 1 heterocycles. The third kappa shape index (κ3) is 7.17. The normalized spacial score (nSPS) is 14.9. The predicted molar refractivity (Wildman–Crippen MR) is 133 cm³/mol. The molecule has 0 spiro atoms. The van der Waals surface area contributed by atoms with Crippen molar-refractivity contribution in [3.8, 4) is 0 Å². The highest BCUT2D eigenvalue weighted by molar-refractivity contribution is 9.10. The highest BCUT2D eigenvalue weighted by atomic mass is 79.9. The van der Waals surface area contributed by atoms with E-state index in [1.54, 1.807) is 29.2 Å². The van der Waals surface area contributed by atoms with Gasteiger partial charge in [-0.2, -0.15) is 0 Å². The minimum Gasteiger partial charge on any atom is -0.444 e. The van der Waals surface area contributed by atoms with E-state index < -0.39 is 15.6 Å². The molecule has 180 valence electrons. The van der Waals surface area contributed by atoms with E-state index in [4.69, 9.17) is 4.74 Å². The topological polar surface area (TPSA) is 91.0 Å². The van der Waals surface area contributed by atoms with E-state index in [-0.39, 0.29) is 11.0 Å². The second-order valence-corrected chi connectivity index (χ2v) is 11.6. The molecular weight excluding hydrogens is 508 g/mol. The van der Waals surface area contributed by atoms with Gasteiger partial charge in [-0.15, -0.1) is 4.83 Å². The van der Waals surface area contributed by atoms with Gasteiger partial charge in [0.1, 0.15) is 5.60 Å². The van der Waals surface area contributed by atoms with E-state index in [0.29, 0.717) is 32.7 Å². The van der Waals surface area contributed by atoms with Crippen molar-refractivity contribution in [2.45, 2.75) is 44.7 Å². The molecule has 1 saturated heterocycles. The van der Waals surface area contributed by atoms with Gasteiger partial charge in [0.15, 0.2) is 0 Å². The Kier molecular flexibility index (Phi) is 8.04. The average molecular weight is 539 g/mol. The third-order valence-electron chi connectivity index (χ3n) is 5.14. The number of piperazine rings is 1. The highest BCUT2D eigenvalue weighted by Gasteiger charge is 2.26. The SMILES string of the molecule is Cc1ccc(S(=O)(=O)NNCc2ccc(Br)cc2N2CCN(C(=O)OC(C)(C)C)CC2)cc1. The first-order chi connectivity index (χ1) is 15.4. The minimum absolute atomic E-state index is 0.204. The third-order valence-corrected chi connectivity index (χ3v) is 6.94. The fourth-order valence-corrected chi connectivity index (χ4v) is 4.66. The zero-order valence-electron chi connectivity index (χ0n) is 19.4. The maximum absolute atomic E-state index is 12.5. The molecule has 2 N–H and O–H groups in total. The van der Waals surface area contributed by atoms with Gasteiger partial charge in [0, 0.05) is 42.9 Å². The Bertz CT molecular complexity index is 1080. The molecule has 1 aliphatic heterocycles. The number of halogens is 1. The molecule has 0 atom stereocenters. The predicted octanol–water partition coefficient (Wildman–Crippen LogP) is 3.80. The van der Waals surface area contributed by atoms with Crippen molar-refractivity contribution in [3.05, 3.63) is 58.1 Å². The molecule has 0 saturated carbocycles. The van der Waals surface area contributed by atoms with Crippen LogP contribution in [0.3, 0.4) is 0 Å². The number of nitrogens with one attached hydrogen (secondary N) is 2. The van der Waals surface area contributed by atoms with Crippen LogP contribution in [0.5, 0.6) is 0 Å². The fourth-order valence-electron chi connectivity index (χ4n) is 3.44. The number of hydrazine groups is 1. The molecule has 0 unspecified atom stereocenters. The molecule has 1 fully saturated rings. The van der Waals surface area contributed by atoms with Crippen LogP contribution in [0.25, 0.3) is 0 Å². The highest BCUT2D eigenvalue weighted by Crippen LogP contribution is 2.27. The average Bonchev–Trinajstić information content (AvgIpc) is 2.74. The summed E-state index contributed by atoms with van der Waals surface area (Å²) in [5.74, 6) is 0. The van der Waals surface area contributed by atoms with Gasteiger partial charge in [-0.25, -0.2) is 18.6 Å². The van der Waals surface area contributed by atoms with Gasteiger partial charge in [0.2, 0.25) is 0 Å². The van der Waals surface area contributed by atoms with Gasteiger partial charge < -0.3 is 14.5 Å². The van der Waals surface area contributed by atoms with Crippen LogP contribution in [0.4, 0.5) is 10.5 Å². The van der Waals surface area contributed by atoms with Gasteiger partial charge in [0.05, 0.1) is 4.90 Å². The number of nitrogens with zero attached hydrogens (tertiary/aromatic N) is 2. The van der Waals surface area contributed by atoms with Crippen molar-refractivity contribution in [2.75, 3.05) is 31.1 Å². The number of hydrogen-bond donors (Lipinski definition) is 2. The molecule has 0 aromatic heterocycles. The lowest BCUT2D eigenvalue weighted by Gasteiger charge is -2.37. The Morgan fingerprint density at radius 3 is 2.30 bits per heavy atom. The van der Waals surface area contributed by atoms with E-state index in [1.165, 1.54) is 0 Å². The second-order valence-electron chi connectivity index (χ2n) is 9.00. The van der Waals surface area contributed by atoms with Crippen molar-refractivity contribution >= 4 is 37.7 Å². The largest absolute Gasteiger partial charge is 0.444 e.